The molecule has 0 aromatic heterocycles. The maximum Gasteiger partial charge on any atom is 0.252 e. The first-order valence-corrected chi connectivity index (χ1v) is 10.3. The molecule has 2 aliphatic rings. The Kier molecular flexibility index (Phi) is 6.61. The lowest BCUT2D eigenvalue weighted by Crippen LogP contribution is -2.52. The first-order chi connectivity index (χ1) is 13.4. The molecule has 0 spiro atoms. The van der Waals surface area contributed by atoms with Gasteiger partial charge in [0, 0.05) is 30.9 Å². The maximum atomic E-state index is 12.7. The third kappa shape index (κ3) is 5.07. The van der Waals surface area contributed by atoms with Crippen LogP contribution in [0.4, 0.5) is 0 Å². The van der Waals surface area contributed by atoms with Crippen LogP contribution in [0.25, 0.3) is 0 Å². The third-order valence-electron chi connectivity index (χ3n) is 5.05. The number of thioether (sulfide) groups is 1. The zero-order chi connectivity index (χ0) is 20.1. The van der Waals surface area contributed by atoms with E-state index >= 15 is 0 Å². The molecule has 3 amide bonds. The van der Waals surface area contributed by atoms with Gasteiger partial charge >= 0.3 is 0 Å². The molecule has 1 aromatic carbocycles. The number of rotatable bonds is 6. The van der Waals surface area contributed by atoms with Crippen molar-refractivity contribution < 1.29 is 19.2 Å². The number of amides is 3. The topological polar surface area (TPSA) is 105 Å². The summed E-state index contributed by atoms with van der Waals surface area (Å²) >= 11 is 1.41. The number of imide groups is 1. The fourth-order valence-corrected chi connectivity index (χ4v) is 4.19. The largest absolute Gasteiger partial charge is 0.344 e. The lowest BCUT2D eigenvalue weighted by molar-refractivity contribution is -0.135. The predicted molar refractivity (Wildman–Crippen MR) is 107 cm³/mol. The van der Waals surface area contributed by atoms with Crippen LogP contribution in [0.5, 0.6) is 0 Å². The van der Waals surface area contributed by atoms with Crippen molar-refractivity contribution in [1.29, 1.82) is 0 Å². The van der Waals surface area contributed by atoms with Crippen molar-refractivity contribution in [1.82, 2.24) is 10.6 Å². The minimum atomic E-state index is -0.903. The molecule has 1 aliphatic carbocycles. The maximum absolute atomic E-state index is 12.7. The molecule has 1 saturated carbocycles. The average Bonchev–Trinajstić information content (AvgIpc) is 3.31. The Labute approximate surface area is 167 Å². The monoisotopic (exact) mass is 401 g/mol. The van der Waals surface area contributed by atoms with Crippen LogP contribution < -0.4 is 10.6 Å². The van der Waals surface area contributed by atoms with E-state index in [2.05, 4.69) is 15.6 Å². The molecule has 0 bridgehead atoms. The van der Waals surface area contributed by atoms with Gasteiger partial charge in [-0.05, 0) is 11.5 Å². The standard InChI is InChI=1S/C20H23N3O4S/c1-12-7-14(24)9-15(12)18(25)22-16(8-13-5-3-2-4-6-13)19(26)23-20(27)17-10-28-11-21-17/h2-6,11-12,15-17H,7-10H2,1H3,(H,22,25)(H,23,26,27)/t12-,15+,16+,17?/m1/s1. The Bertz CT molecular complexity index is 796. The van der Waals surface area contributed by atoms with Gasteiger partial charge in [-0.1, -0.05) is 37.3 Å². The van der Waals surface area contributed by atoms with Gasteiger partial charge in [0.25, 0.3) is 5.91 Å². The fourth-order valence-electron chi connectivity index (χ4n) is 3.45. The highest BCUT2D eigenvalue weighted by Crippen LogP contribution is 2.28. The molecule has 8 heteroatoms. The van der Waals surface area contributed by atoms with E-state index in [1.165, 1.54) is 11.8 Å². The molecule has 2 N–H and O–H groups in total. The first kappa shape index (κ1) is 20.3. The highest BCUT2D eigenvalue weighted by molar-refractivity contribution is 8.12. The Morgan fingerprint density at radius 1 is 1.18 bits per heavy atom. The zero-order valence-corrected chi connectivity index (χ0v) is 16.4. The number of hydrogen-bond donors (Lipinski definition) is 2. The van der Waals surface area contributed by atoms with E-state index in [0.29, 0.717) is 12.2 Å². The quantitative estimate of drug-likeness (QED) is 0.743. The normalized spacial score (nSPS) is 24.8. The molecular formula is C20H23N3O4S. The second-order valence-corrected chi connectivity index (χ2v) is 8.12. The summed E-state index contributed by atoms with van der Waals surface area (Å²) in [6.45, 7) is 1.86. The van der Waals surface area contributed by atoms with Crippen molar-refractivity contribution in [3.63, 3.8) is 0 Å². The van der Waals surface area contributed by atoms with Crippen molar-refractivity contribution in [3.8, 4) is 0 Å². The summed E-state index contributed by atoms with van der Waals surface area (Å²) < 4.78 is 0. The number of aliphatic imine (C=N–C) groups is 1. The van der Waals surface area contributed by atoms with E-state index in [4.69, 9.17) is 0 Å². The van der Waals surface area contributed by atoms with Crippen molar-refractivity contribution in [2.24, 2.45) is 16.8 Å². The van der Waals surface area contributed by atoms with E-state index in [1.807, 2.05) is 37.3 Å². The van der Waals surface area contributed by atoms with Gasteiger partial charge in [-0.2, -0.15) is 0 Å². The summed E-state index contributed by atoms with van der Waals surface area (Å²) in [5.41, 5.74) is 2.46. The first-order valence-electron chi connectivity index (χ1n) is 9.28. The lowest BCUT2D eigenvalue weighted by Gasteiger charge is -2.22. The molecule has 1 aromatic rings. The van der Waals surface area contributed by atoms with Crippen LogP contribution in [0.2, 0.25) is 0 Å². The van der Waals surface area contributed by atoms with Crippen LogP contribution in [-0.2, 0) is 25.6 Å². The molecule has 1 unspecified atom stereocenters. The minimum absolute atomic E-state index is 0.0561. The highest BCUT2D eigenvalue weighted by atomic mass is 32.2. The van der Waals surface area contributed by atoms with E-state index in [1.54, 1.807) is 5.55 Å². The van der Waals surface area contributed by atoms with E-state index in [9.17, 15) is 19.2 Å². The highest BCUT2D eigenvalue weighted by Gasteiger charge is 2.37. The molecule has 1 heterocycles. The van der Waals surface area contributed by atoms with Gasteiger partial charge in [-0.3, -0.25) is 29.5 Å². The van der Waals surface area contributed by atoms with E-state index < -0.39 is 29.8 Å². The molecule has 1 fully saturated rings. The average molecular weight is 401 g/mol. The number of benzene rings is 1. The summed E-state index contributed by atoms with van der Waals surface area (Å²) in [4.78, 5) is 53.3. The number of nitrogens with one attached hydrogen (secondary N) is 2. The minimum Gasteiger partial charge on any atom is -0.344 e. The van der Waals surface area contributed by atoms with Crippen molar-refractivity contribution in [2.75, 3.05) is 5.75 Å². The number of nitrogens with zero attached hydrogens (tertiary/aromatic N) is 1. The Morgan fingerprint density at radius 3 is 2.54 bits per heavy atom. The van der Waals surface area contributed by atoms with Gasteiger partial charge in [0.1, 0.15) is 17.9 Å². The van der Waals surface area contributed by atoms with Crippen LogP contribution in [0.1, 0.15) is 25.3 Å². The van der Waals surface area contributed by atoms with Gasteiger partial charge < -0.3 is 5.32 Å². The Balaban J connectivity index is 1.69. The number of carbonyl (C=O) groups is 4. The summed E-state index contributed by atoms with van der Waals surface area (Å²) in [5.74, 6) is -1.30. The van der Waals surface area contributed by atoms with E-state index in [-0.39, 0.29) is 30.4 Å². The molecule has 0 radical (unpaired) electrons. The SMILES string of the molecule is C[C@@H]1CC(=O)C[C@@H]1C(=O)N[C@@H](Cc1ccccc1)C(=O)NC(=O)C1CSC=N1. The number of carbonyl (C=O) groups excluding carboxylic acids is 4. The van der Waals surface area contributed by atoms with Crippen molar-refractivity contribution in [2.45, 2.75) is 38.3 Å². The Morgan fingerprint density at radius 2 is 1.93 bits per heavy atom. The van der Waals surface area contributed by atoms with Crippen molar-refractivity contribution in [3.05, 3.63) is 35.9 Å². The molecule has 148 valence electrons. The van der Waals surface area contributed by atoms with Crippen LogP contribution >= 0.6 is 11.8 Å². The van der Waals surface area contributed by atoms with Gasteiger partial charge in [0.05, 0.1) is 5.55 Å². The van der Waals surface area contributed by atoms with Crippen molar-refractivity contribution >= 4 is 40.8 Å². The zero-order valence-electron chi connectivity index (χ0n) is 15.6. The van der Waals surface area contributed by atoms with E-state index in [0.717, 1.165) is 5.56 Å². The summed E-state index contributed by atoms with van der Waals surface area (Å²) in [7, 11) is 0. The smallest absolute Gasteiger partial charge is 0.252 e. The van der Waals surface area contributed by atoms with Gasteiger partial charge in [-0.25, -0.2) is 0 Å². The summed E-state index contributed by atoms with van der Waals surface area (Å²) in [6, 6.07) is 7.78. The second-order valence-electron chi connectivity index (χ2n) is 7.24. The molecule has 3 rings (SSSR count). The fraction of sp³-hybridized carbons (Fsp3) is 0.450. The number of Topliss-reactive ketones (excluding diaryl/α,β-unsaturated/α-hetero) is 1. The van der Waals surface area contributed by atoms with Crippen LogP contribution in [0.3, 0.4) is 0 Å². The molecule has 7 nitrogen and oxygen atoms in total. The molecular weight excluding hydrogens is 378 g/mol. The van der Waals surface area contributed by atoms with Gasteiger partial charge in [0.15, 0.2) is 0 Å². The number of ketones is 1. The third-order valence-corrected chi connectivity index (χ3v) is 5.83. The predicted octanol–water partition coefficient (Wildman–Crippen LogP) is 1.12. The second kappa shape index (κ2) is 9.14. The lowest BCUT2D eigenvalue weighted by atomic mass is 9.96. The summed E-state index contributed by atoms with van der Waals surface area (Å²) in [6.07, 6.45) is 0.826. The number of hydrogen-bond acceptors (Lipinski definition) is 6. The summed E-state index contributed by atoms with van der Waals surface area (Å²) in [5, 5.41) is 5.13. The molecule has 28 heavy (non-hydrogen) atoms. The van der Waals surface area contributed by atoms with Crippen LogP contribution in [0, 0.1) is 11.8 Å². The Hall–Kier alpha value is -2.48. The molecule has 4 atom stereocenters. The molecule has 0 saturated heterocycles. The van der Waals surface area contributed by atoms with Gasteiger partial charge in [0.2, 0.25) is 11.8 Å². The van der Waals surface area contributed by atoms with Crippen LogP contribution in [0.15, 0.2) is 35.3 Å². The molecule has 1 aliphatic heterocycles. The van der Waals surface area contributed by atoms with Crippen LogP contribution in [-0.4, -0.2) is 46.9 Å². The van der Waals surface area contributed by atoms with Gasteiger partial charge in [-0.15, -0.1) is 11.8 Å².